The first-order valence-corrected chi connectivity index (χ1v) is 7.05. The fourth-order valence-corrected chi connectivity index (χ4v) is 2.36. The van der Waals surface area contributed by atoms with Crippen LogP contribution in [0.3, 0.4) is 0 Å². The molecule has 1 atom stereocenters. The van der Waals surface area contributed by atoms with Crippen LogP contribution in [0, 0.1) is 13.8 Å². The van der Waals surface area contributed by atoms with E-state index in [0.717, 1.165) is 18.7 Å². The largest absolute Gasteiger partial charge is 0.448 e. The molecule has 0 saturated carbocycles. The lowest BCUT2D eigenvalue weighted by Gasteiger charge is -2.19. The minimum atomic E-state index is 0.0624. The van der Waals surface area contributed by atoms with Gasteiger partial charge in [0.25, 0.3) is 0 Å². The van der Waals surface area contributed by atoms with Gasteiger partial charge in [-0.2, -0.15) is 0 Å². The number of furan rings is 1. The van der Waals surface area contributed by atoms with Gasteiger partial charge in [-0.15, -0.1) is 0 Å². The molecular weight excluding hydrogens is 258 g/mol. The van der Waals surface area contributed by atoms with Gasteiger partial charge in [-0.05, 0) is 61.7 Å². The lowest BCUT2D eigenvalue weighted by molar-refractivity contribution is 0.447. The molecule has 0 fully saturated rings. The summed E-state index contributed by atoms with van der Waals surface area (Å²) < 4.78 is 5.59. The van der Waals surface area contributed by atoms with Crippen LogP contribution in [-0.4, -0.2) is 6.54 Å². The van der Waals surface area contributed by atoms with E-state index >= 15 is 0 Å². The maximum Gasteiger partial charge on any atom is 0.193 e. The van der Waals surface area contributed by atoms with Gasteiger partial charge in [-0.1, -0.05) is 30.7 Å². The molecular formula is C16H20ClNO. The van der Waals surface area contributed by atoms with Crippen LogP contribution in [0.25, 0.3) is 0 Å². The molecule has 0 bridgehead atoms. The van der Waals surface area contributed by atoms with E-state index in [1.807, 2.05) is 6.07 Å². The van der Waals surface area contributed by atoms with Crippen molar-refractivity contribution in [2.75, 3.05) is 6.54 Å². The van der Waals surface area contributed by atoms with Crippen LogP contribution in [0.2, 0.25) is 5.22 Å². The van der Waals surface area contributed by atoms with Crippen molar-refractivity contribution in [3.8, 4) is 0 Å². The van der Waals surface area contributed by atoms with Crippen LogP contribution in [-0.2, 0) is 0 Å². The number of hydrogen-bond acceptors (Lipinski definition) is 2. The molecule has 0 aliphatic carbocycles. The van der Waals surface area contributed by atoms with E-state index < -0.39 is 0 Å². The highest BCUT2D eigenvalue weighted by Gasteiger charge is 2.19. The molecule has 1 aromatic carbocycles. The zero-order valence-electron chi connectivity index (χ0n) is 11.7. The Labute approximate surface area is 119 Å². The molecule has 0 aliphatic rings. The second-order valence-corrected chi connectivity index (χ2v) is 5.26. The molecule has 1 heterocycles. The quantitative estimate of drug-likeness (QED) is 0.861. The highest BCUT2D eigenvalue weighted by Crippen LogP contribution is 2.28. The highest BCUT2D eigenvalue weighted by atomic mass is 35.5. The molecule has 2 rings (SSSR count). The smallest absolute Gasteiger partial charge is 0.193 e. The number of nitrogens with one attached hydrogen (secondary N) is 1. The third-order valence-electron chi connectivity index (χ3n) is 3.22. The third kappa shape index (κ3) is 3.40. The average molecular weight is 278 g/mol. The van der Waals surface area contributed by atoms with Crippen molar-refractivity contribution in [3.05, 3.63) is 58.0 Å². The Kier molecular flexibility index (Phi) is 4.67. The van der Waals surface area contributed by atoms with Crippen LogP contribution in [0.5, 0.6) is 0 Å². The van der Waals surface area contributed by atoms with E-state index in [4.69, 9.17) is 16.0 Å². The lowest BCUT2D eigenvalue weighted by atomic mass is 9.97. The van der Waals surface area contributed by atoms with Gasteiger partial charge in [0.2, 0.25) is 0 Å². The maximum absolute atomic E-state index is 5.90. The predicted octanol–water partition coefficient (Wildman–Crippen LogP) is 4.64. The Bertz CT molecular complexity index is 547. The van der Waals surface area contributed by atoms with Gasteiger partial charge in [0.1, 0.15) is 5.76 Å². The summed E-state index contributed by atoms with van der Waals surface area (Å²) in [5, 5.41) is 3.96. The van der Waals surface area contributed by atoms with E-state index in [1.54, 1.807) is 6.07 Å². The van der Waals surface area contributed by atoms with Crippen LogP contribution >= 0.6 is 11.6 Å². The van der Waals surface area contributed by atoms with E-state index in [0.29, 0.717) is 5.22 Å². The molecule has 2 nitrogen and oxygen atoms in total. The van der Waals surface area contributed by atoms with Gasteiger partial charge in [0.05, 0.1) is 6.04 Å². The Morgan fingerprint density at radius 1 is 1.21 bits per heavy atom. The van der Waals surface area contributed by atoms with Crippen molar-refractivity contribution in [3.63, 3.8) is 0 Å². The lowest BCUT2D eigenvalue weighted by Crippen LogP contribution is -2.23. The van der Waals surface area contributed by atoms with Gasteiger partial charge in [-0.3, -0.25) is 0 Å². The zero-order valence-corrected chi connectivity index (χ0v) is 12.4. The molecule has 0 radical (unpaired) electrons. The molecule has 0 aliphatic heterocycles. The van der Waals surface area contributed by atoms with Crippen molar-refractivity contribution in [1.82, 2.24) is 5.32 Å². The van der Waals surface area contributed by atoms with E-state index in [-0.39, 0.29) is 6.04 Å². The summed E-state index contributed by atoms with van der Waals surface area (Å²) in [4.78, 5) is 0. The molecule has 0 saturated heterocycles. The zero-order chi connectivity index (χ0) is 13.8. The monoisotopic (exact) mass is 277 g/mol. The van der Waals surface area contributed by atoms with Gasteiger partial charge in [-0.25, -0.2) is 0 Å². The number of aryl methyl sites for hydroxylation is 2. The summed E-state index contributed by atoms with van der Waals surface area (Å²) in [7, 11) is 0. The predicted molar refractivity (Wildman–Crippen MR) is 79.8 cm³/mol. The van der Waals surface area contributed by atoms with Crippen molar-refractivity contribution >= 4 is 11.6 Å². The van der Waals surface area contributed by atoms with Gasteiger partial charge in [0.15, 0.2) is 5.22 Å². The van der Waals surface area contributed by atoms with Crippen molar-refractivity contribution in [2.45, 2.75) is 33.2 Å². The molecule has 2 aromatic rings. The summed E-state index contributed by atoms with van der Waals surface area (Å²) in [6.07, 6.45) is 1.08. The fraction of sp³-hybridized carbons (Fsp3) is 0.375. The average Bonchev–Trinajstić information content (AvgIpc) is 2.80. The Hall–Kier alpha value is -1.25. The summed E-state index contributed by atoms with van der Waals surface area (Å²) in [5.41, 5.74) is 3.76. The summed E-state index contributed by atoms with van der Waals surface area (Å²) in [5.74, 6) is 0.868. The minimum Gasteiger partial charge on any atom is -0.448 e. The number of hydrogen-bond donors (Lipinski definition) is 1. The Morgan fingerprint density at radius 2 is 2.00 bits per heavy atom. The first kappa shape index (κ1) is 14.2. The number of halogens is 1. The second kappa shape index (κ2) is 6.27. The minimum absolute atomic E-state index is 0.0624. The van der Waals surface area contributed by atoms with Gasteiger partial charge in [0, 0.05) is 0 Å². The van der Waals surface area contributed by atoms with E-state index in [1.165, 1.54) is 16.7 Å². The topological polar surface area (TPSA) is 25.2 Å². The Balaban J connectivity index is 2.39. The van der Waals surface area contributed by atoms with Crippen LogP contribution < -0.4 is 5.32 Å². The molecule has 3 heteroatoms. The van der Waals surface area contributed by atoms with Gasteiger partial charge >= 0.3 is 0 Å². The molecule has 102 valence electrons. The molecule has 19 heavy (non-hydrogen) atoms. The van der Waals surface area contributed by atoms with Gasteiger partial charge < -0.3 is 9.73 Å². The highest BCUT2D eigenvalue weighted by molar-refractivity contribution is 6.28. The maximum atomic E-state index is 5.90. The summed E-state index contributed by atoms with van der Waals surface area (Å²) >= 11 is 5.90. The normalized spacial score (nSPS) is 12.6. The standard InChI is InChI=1S/C16H20ClNO/c1-4-9-18-16(14-7-8-15(17)19-14)13-10-11(2)5-6-12(13)3/h5-8,10,16,18H,4,9H2,1-3H3. The molecule has 0 amide bonds. The van der Waals surface area contributed by atoms with Crippen LogP contribution in [0.1, 0.15) is 41.8 Å². The molecule has 0 spiro atoms. The summed E-state index contributed by atoms with van der Waals surface area (Å²) in [6, 6.07) is 10.3. The van der Waals surface area contributed by atoms with Crippen molar-refractivity contribution < 1.29 is 4.42 Å². The van der Waals surface area contributed by atoms with Crippen LogP contribution in [0.15, 0.2) is 34.7 Å². The first-order chi connectivity index (χ1) is 9.11. The van der Waals surface area contributed by atoms with Crippen molar-refractivity contribution in [2.24, 2.45) is 0 Å². The SMILES string of the molecule is CCCNC(c1ccc(Cl)o1)c1cc(C)ccc1C. The Morgan fingerprint density at radius 3 is 2.63 bits per heavy atom. The summed E-state index contributed by atoms with van der Waals surface area (Å²) in [6.45, 7) is 7.33. The second-order valence-electron chi connectivity index (χ2n) is 4.89. The van der Waals surface area contributed by atoms with Crippen molar-refractivity contribution in [1.29, 1.82) is 0 Å². The third-order valence-corrected chi connectivity index (χ3v) is 3.43. The number of benzene rings is 1. The van der Waals surface area contributed by atoms with E-state index in [9.17, 15) is 0 Å². The molecule has 1 unspecified atom stereocenters. The first-order valence-electron chi connectivity index (χ1n) is 6.67. The fourth-order valence-electron chi connectivity index (χ4n) is 2.21. The molecule has 1 aromatic heterocycles. The van der Waals surface area contributed by atoms with Crippen LogP contribution in [0.4, 0.5) is 0 Å². The number of rotatable bonds is 5. The molecule has 1 N–H and O–H groups in total. The van der Waals surface area contributed by atoms with E-state index in [2.05, 4.69) is 44.3 Å².